The SMILES string of the molecule is Cc1cc(CNCCOc2ccc(Br)cc2)on1. The van der Waals surface area contributed by atoms with E-state index >= 15 is 0 Å². The van der Waals surface area contributed by atoms with Gasteiger partial charge in [-0.25, -0.2) is 0 Å². The molecule has 0 aliphatic heterocycles. The predicted octanol–water partition coefficient (Wildman–Crippen LogP) is 2.91. The number of hydrogen-bond donors (Lipinski definition) is 1. The van der Waals surface area contributed by atoms with Gasteiger partial charge in [0, 0.05) is 17.1 Å². The molecule has 5 heteroatoms. The maximum Gasteiger partial charge on any atom is 0.150 e. The lowest BCUT2D eigenvalue weighted by Crippen LogP contribution is -2.20. The first-order valence-electron chi connectivity index (χ1n) is 5.75. The molecular formula is C13H15BrN2O2. The molecule has 1 N–H and O–H groups in total. The summed E-state index contributed by atoms with van der Waals surface area (Å²) in [5.41, 5.74) is 0.901. The molecule has 0 spiro atoms. The van der Waals surface area contributed by atoms with Crippen LogP contribution in [0.25, 0.3) is 0 Å². The number of rotatable bonds is 6. The van der Waals surface area contributed by atoms with Gasteiger partial charge in [0.15, 0.2) is 5.76 Å². The Morgan fingerprint density at radius 2 is 2.11 bits per heavy atom. The molecule has 2 aromatic rings. The van der Waals surface area contributed by atoms with Crippen LogP contribution in [0.3, 0.4) is 0 Å². The fourth-order valence-electron chi connectivity index (χ4n) is 1.48. The van der Waals surface area contributed by atoms with Crippen LogP contribution in [0.2, 0.25) is 0 Å². The zero-order valence-electron chi connectivity index (χ0n) is 10.1. The van der Waals surface area contributed by atoms with Crippen molar-refractivity contribution in [3.63, 3.8) is 0 Å². The fraction of sp³-hybridized carbons (Fsp3) is 0.308. The molecular weight excluding hydrogens is 296 g/mol. The molecule has 0 amide bonds. The van der Waals surface area contributed by atoms with Crippen molar-refractivity contribution in [3.8, 4) is 5.75 Å². The minimum absolute atomic E-state index is 0.620. The Bertz CT molecular complexity index is 482. The number of nitrogens with one attached hydrogen (secondary N) is 1. The monoisotopic (exact) mass is 310 g/mol. The zero-order chi connectivity index (χ0) is 12.8. The summed E-state index contributed by atoms with van der Waals surface area (Å²) in [6, 6.07) is 9.70. The van der Waals surface area contributed by atoms with Gasteiger partial charge in [0.1, 0.15) is 12.4 Å². The highest BCUT2D eigenvalue weighted by Gasteiger charge is 1.99. The van der Waals surface area contributed by atoms with E-state index in [1.54, 1.807) is 0 Å². The van der Waals surface area contributed by atoms with E-state index in [1.807, 2.05) is 37.3 Å². The van der Waals surface area contributed by atoms with Crippen molar-refractivity contribution in [2.45, 2.75) is 13.5 Å². The van der Waals surface area contributed by atoms with Gasteiger partial charge in [-0.05, 0) is 31.2 Å². The van der Waals surface area contributed by atoms with Crippen molar-refractivity contribution in [1.82, 2.24) is 10.5 Å². The number of ether oxygens (including phenoxy) is 1. The molecule has 1 aromatic heterocycles. The molecule has 0 radical (unpaired) electrons. The van der Waals surface area contributed by atoms with Gasteiger partial charge in [-0.1, -0.05) is 21.1 Å². The van der Waals surface area contributed by atoms with Gasteiger partial charge in [-0.3, -0.25) is 0 Å². The second-order valence-corrected chi connectivity index (χ2v) is 4.83. The standard InChI is InChI=1S/C13H15BrN2O2/c1-10-8-13(18-16-10)9-15-6-7-17-12-4-2-11(14)3-5-12/h2-5,8,15H,6-7,9H2,1H3. The van der Waals surface area contributed by atoms with Crippen molar-refractivity contribution in [3.05, 3.63) is 46.3 Å². The van der Waals surface area contributed by atoms with Crippen LogP contribution in [0.4, 0.5) is 0 Å². The topological polar surface area (TPSA) is 47.3 Å². The Morgan fingerprint density at radius 3 is 2.78 bits per heavy atom. The maximum atomic E-state index is 5.57. The molecule has 0 unspecified atom stereocenters. The molecule has 0 fully saturated rings. The Labute approximate surface area is 114 Å². The molecule has 0 aliphatic carbocycles. The highest BCUT2D eigenvalue weighted by atomic mass is 79.9. The molecule has 18 heavy (non-hydrogen) atoms. The van der Waals surface area contributed by atoms with Crippen LogP contribution in [0.15, 0.2) is 39.3 Å². The third-order valence-electron chi connectivity index (χ3n) is 2.34. The molecule has 4 nitrogen and oxygen atoms in total. The summed E-state index contributed by atoms with van der Waals surface area (Å²) in [4.78, 5) is 0. The molecule has 0 aliphatic rings. The summed E-state index contributed by atoms with van der Waals surface area (Å²) in [6.07, 6.45) is 0. The molecule has 0 saturated carbocycles. The Kier molecular flexibility index (Phi) is 4.78. The van der Waals surface area contributed by atoms with Crippen LogP contribution in [0.5, 0.6) is 5.75 Å². The lowest BCUT2D eigenvalue weighted by atomic mass is 10.3. The second kappa shape index (κ2) is 6.56. The van der Waals surface area contributed by atoms with E-state index in [2.05, 4.69) is 26.4 Å². The van der Waals surface area contributed by atoms with Crippen molar-refractivity contribution in [1.29, 1.82) is 0 Å². The van der Waals surface area contributed by atoms with E-state index in [0.717, 1.165) is 28.2 Å². The molecule has 0 saturated heterocycles. The van der Waals surface area contributed by atoms with Gasteiger partial charge < -0.3 is 14.6 Å². The van der Waals surface area contributed by atoms with Crippen LogP contribution in [-0.2, 0) is 6.54 Å². The Hall–Kier alpha value is -1.33. The minimum atomic E-state index is 0.620. The van der Waals surface area contributed by atoms with Crippen molar-refractivity contribution < 1.29 is 9.26 Å². The average molecular weight is 311 g/mol. The third kappa shape index (κ3) is 4.16. The number of nitrogens with zero attached hydrogens (tertiary/aromatic N) is 1. The lowest BCUT2D eigenvalue weighted by Gasteiger charge is -2.06. The summed E-state index contributed by atoms with van der Waals surface area (Å²) in [5, 5.41) is 7.05. The first kappa shape index (κ1) is 13.1. The van der Waals surface area contributed by atoms with Crippen LogP contribution in [-0.4, -0.2) is 18.3 Å². The molecule has 96 valence electrons. The summed E-state index contributed by atoms with van der Waals surface area (Å²) >= 11 is 3.38. The predicted molar refractivity (Wildman–Crippen MR) is 72.6 cm³/mol. The van der Waals surface area contributed by atoms with Gasteiger partial charge in [0.25, 0.3) is 0 Å². The number of aromatic nitrogens is 1. The third-order valence-corrected chi connectivity index (χ3v) is 2.87. The average Bonchev–Trinajstić information content (AvgIpc) is 2.77. The van der Waals surface area contributed by atoms with Gasteiger partial charge >= 0.3 is 0 Å². The normalized spacial score (nSPS) is 10.6. The first-order chi connectivity index (χ1) is 8.74. The largest absolute Gasteiger partial charge is 0.492 e. The Morgan fingerprint density at radius 1 is 1.33 bits per heavy atom. The van der Waals surface area contributed by atoms with E-state index in [0.29, 0.717) is 13.2 Å². The summed E-state index contributed by atoms with van der Waals surface area (Å²) < 4.78 is 11.7. The lowest BCUT2D eigenvalue weighted by molar-refractivity contribution is 0.306. The van der Waals surface area contributed by atoms with Crippen LogP contribution in [0.1, 0.15) is 11.5 Å². The van der Waals surface area contributed by atoms with Crippen molar-refractivity contribution in [2.24, 2.45) is 0 Å². The zero-order valence-corrected chi connectivity index (χ0v) is 11.7. The van der Waals surface area contributed by atoms with Gasteiger partial charge in [0.05, 0.1) is 12.2 Å². The molecule has 1 heterocycles. The number of aryl methyl sites for hydroxylation is 1. The molecule has 1 aromatic carbocycles. The maximum absolute atomic E-state index is 5.57. The van der Waals surface area contributed by atoms with E-state index in [9.17, 15) is 0 Å². The minimum Gasteiger partial charge on any atom is -0.492 e. The van der Waals surface area contributed by atoms with Gasteiger partial charge in [0.2, 0.25) is 0 Å². The summed E-state index contributed by atoms with van der Waals surface area (Å²) in [5.74, 6) is 1.71. The van der Waals surface area contributed by atoms with Crippen molar-refractivity contribution >= 4 is 15.9 Å². The number of hydrogen-bond acceptors (Lipinski definition) is 4. The van der Waals surface area contributed by atoms with Crippen LogP contribution in [0, 0.1) is 6.92 Å². The summed E-state index contributed by atoms with van der Waals surface area (Å²) in [7, 11) is 0. The van der Waals surface area contributed by atoms with E-state index < -0.39 is 0 Å². The molecule has 2 rings (SSSR count). The van der Waals surface area contributed by atoms with Gasteiger partial charge in [-0.15, -0.1) is 0 Å². The number of benzene rings is 1. The quantitative estimate of drug-likeness (QED) is 0.833. The number of halogens is 1. The van der Waals surface area contributed by atoms with Gasteiger partial charge in [-0.2, -0.15) is 0 Å². The fourth-order valence-corrected chi connectivity index (χ4v) is 1.75. The van der Waals surface area contributed by atoms with E-state index in [4.69, 9.17) is 9.26 Å². The molecule has 0 bridgehead atoms. The highest BCUT2D eigenvalue weighted by Crippen LogP contribution is 2.15. The highest BCUT2D eigenvalue weighted by molar-refractivity contribution is 9.10. The van der Waals surface area contributed by atoms with E-state index in [-0.39, 0.29) is 0 Å². The van der Waals surface area contributed by atoms with Crippen molar-refractivity contribution in [2.75, 3.05) is 13.2 Å². The smallest absolute Gasteiger partial charge is 0.150 e. The Balaban J connectivity index is 1.63. The second-order valence-electron chi connectivity index (χ2n) is 3.91. The van der Waals surface area contributed by atoms with E-state index in [1.165, 1.54) is 0 Å². The summed E-state index contributed by atoms with van der Waals surface area (Å²) in [6.45, 7) is 3.96. The first-order valence-corrected chi connectivity index (χ1v) is 6.54. The van der Waals surface area contributed by atoms with Crippen LogP contribution >= 0.6 is 15.9 Å². The van der Waals surface area contributed by atoms with Crippen LogP contribution < -0.4 is 10.1 Å². The molecule has 0 atom stereocenters.